The smallest absolute Gasteiger partial charge is 0.233 e. The van der Waals surface area contributed by atoms with Gasteiger partial charge in [-0.15, -0.1) is 0 Å². The van der Waals surface area contributed by atoms with Crippen LogP contribution in [0.3, 0.4) is 0 Å². The zero-order valence-electron chi connectivity index (χ0n) is 20.6. The Hall–Kier alpha value is -2.74. The van der Waals surface area contributed by atoms with Gasteiger partial charge in [0.25, 0.3) is 0 Å². The number of likely N-dealkylation sites (tertiary alicyclic amines) is 2. The van der Waals surface area contributed by atoms with Crippen LogP contribution in [0.15, 0.2) is 54.6 Å². The number of hydrogen-bond acceptors (Lipinski definition) is 6. The first kappa shape index (κ1) is 23.6. The molecule has 2 N–H and O–H groups in total. The van der Waals surface area contributed by atoms with Crippen LogP contribution in [0.2, 0.25) is 0 Å². The highest BCUT2D eigenvalue weighted by Gasteiger charge is 2.66. The summed E-state index contributed by atoms with van der Waals surface area (Å²) in [4.78, 5) is 31.3. The molecule has 3 saturated heterocycles. The molecule has 3 aliphatic heterocycles. The lowest BCUT2D eigenvalue weighted by molar-refractivity contribution is -0.265. The maximum atomic E-state index is 13.8. The molecule has 0 aromatic heterocycles. The molecule has 0 unspecified atom stereocenters. The minimum Gasteiger partial charge on any atom is -0.508 e. The number of carbonyl (C=O) groups excluding carboxylic acids is 2. The summed E-state index contributed by atoms with van der Waals surface area (Å²) in [5, 5.41) is 21.3. The second-order valence-corrected chi connectivity index (χ2v) is 11.1. The largest absolute Gasteiger partial charge is 0.508 e. The van der Waals surface area contributed by atoms with Crippen molar-refractivity contribution in [2.45, 2.75) is 57.1 Å². The van der Waals surface area contributed by atoms with Crippen LogP contribution < -0.4 is 0 Å². The molecule has 0 radical (unpaired) electrons. The van der Waals surface area contributed by atoms with Gasteiger partial charge in [-0.2, -0.15) is 0 Å². The summed E-state index contributed by atoms with van der Waals surface area (Å²) in [5.74, 6) is -3.06. The number of fused-ring (bicyclic) bond motifs is 3. The third-order valence-corrected chi connectivity index (χ3v) is 9.02. The Balaban J connectivity index is 1.18. The number of rotatable bonds is 4. The van der Waals surface area contributed by atoms with E-state index in [4.69, 9.17) is 4.74 Å². The molecule has 2 amide bonds. The predicted molar refractivity (Wildman–Crippen MR) is 132 cm³/mol. The van der Waals surface area contributed by atoms with Crippen LogP contribution in [0.1, 0.15) is 49.8 Å². The van der Waals surface area contributed by atoms with E-state index in [1.54, 1.807) is 29.2 Å². The molecule has 0 spiro atoms. The molecular formula is C29H34N2O5. The highest BCUT2D eigenvalue weighted by Crippen LogP contribution is 2.58. The summed E-state index contributed by atoms with van der Waals surface area (Å²) < 4.78 is 6.22. The van der Waals surface area contributed by atoms with Crippen LogP contribution in [0, 0.1) is 23.7 Å². The van der Waals surface area contributed by atoms with E-state index >= 15 is 0 Å². The first-order chi connectivity index (χ1) is 17.3. The van der Waals surface area contributed by atoms with Crippen LogP contribution in [0.5, 0.6) is 5.75 Å². The van der Waals surface area contributed by atoms with E-state index in [1.807, 2.05) is 25.1 Å². The number of aliphatic hydroxyl groups is 1. The second kappa shape index (κ2) is 8.98. The quantitative estimate of drug-likeness (QED) is 0.638. The number of amides is 2. The maximum Gasteiger partial charge on any atom is 0.233 e. The Kier molecular flexibility index (Phi) is 5.90. The number of benzene rings is 2. The number of ether oxygens (including phenoxy) is 1. The van der Waals surface area contributed by atoms with Gasteiger partial charge in [-0.3, -0.25) is 19.4 Å². The van der Waals surface area contributed by atoms with E-state index < -0.39 is 17.6 Å². The molecule has 7 nitrogen and oxygen atoms in total. The lowest BCUT2D eigenvalue weighted by Crippen LogP contribution is -2.52. The third kappa shape index (κ3) is 3.85. The van der Waals surface area contributed by atoms with Gasteiger partial charge in [0.1, 0.15) is 5.75 Å². The summed E-state index contributed by atoms with van der Waals surface area (Å²) in [5.41, 5.74) is 2.13. The first-order valence-electron chi connectivity index (χ1n) is 13.2. The van der Waals surface area contributed by atoms with Crippen molar-refractivity contribution in [3.05, 3.63) is 65.7 Å². The van der Waals surface area contributed by atoms with Crippen LogP contribution in [-0.4, -0.2) is 56.7 Å². The van der Waals surface area contributed by atoms with E-state index in [-0.39, 0.29) is 41.5 Å². The molecule has 2 aromatic carbocycles. The Labute approximate surface area is 211 Å². The molecule has 1 aliphatic carbocycles. The molecule has 6 atom stereocenters. The van der Waals surface area contributed by atoms with Gasteiger partial charge >= 0.3 is 0 Å². The minimum atomic E-state index is -1.44. The average Bonchev–Trinajstić information content (AvgIpc) is 3.36. The molecule has 4 fully saturated rings. The van der Waals surface area contributed by atoms with Gasteiger partial charge in [0.15, 0.2) is 5.79 Å². The van der Waals surface area contributed by atoms with Crippen LogP contribution in [0.4, 0.5) is 0 Å². The fourth-order valence-corrected chi connectivity index (χ4v) is 7.10. The van der Waals surface area contributed by atoms with Gasteiger partial charge in [-0.05, 0) is 48.9 Å². The molecule has 190 valence electrons. The lowest BCUT2D eigenvalue weighted by Gasteiger charge is -2.43. The van der Waals surface area contributed by atoms with Crippen molar-refractivity contribution >= 4 is 11.8 Å². The van der Waals surface area contributed by atoms with Crippen molar-refractivity contribution in [3.8, 4) is 5.75 Å². The zero-order valence-corrected chi connectivity index (χ0v) is 20.6. The monoisotopic (exact) mass is 490 g/mol. The van der Waals surface area contributed by atoms with Crippen LogP contribution in [-0.2, 0) is 20.9 Å². The standard InChI is InChI=1S/C29H34N2O5/c1-18-15-23-26(24-16-25(36-29(18,24)35)20-7-9-22(32)10-8-20)28(34)31(27(23)33)21-11-13-30(14-12-21)17-19-5-3-2-4-6-19/h2-10,18,21,23-26,32,35H,11-17H2,1H3/t18-,23-,24-,25-,26-,29+/m0/s1. The third-order valence-electron chi connectivity index (χ3n) is 9.02. The second-order valence-electron chi connectivity index (χ2n) is 11.1. The van der Waals surface area contributed by atoms with Crippen molar-refractivity contribution in [1.29, 1.82) is 0 Å². The number of piperidine rings is 1. The summed E-state index contributed by atoms with van der Waals surface area (Å²) >= 11 is 0. The minimum absolute atomic E-state index is 0.0616. The van der Waals surface area contributed by atoms with Crippen molar-refractivity contribution < 1.29 is 24.5 Å². The van der Waals surface area contributed by atoms with Gasteiger partial charge in [0.05, 0.1) is 17.9 Å². The van der Waals surface area contributed by atoms with E-state index in [2.05, 4.69) is 17.0 Å². The molecule has 36 heavy (non-hydrogen) atoms. The van der Waals surface area contributed by atoms with E-state index in [1.165, 1.54) is 5.56 Å². The summed E-state index contributed by atoms with van der Waals surface area (Å²) in [6, 6.07) is 17.1. The topological polar surface area (TPSA) is 90.3 Å². The van der Waals surface area contributed by atoms with Gasteiger partial charge in [0.2, 0.25) is 11.8 Å². The molecule has 2 aromatic rings. The Morgan fingerprint density at radius 2 is 1.67 bits per heavy atom. The zero-order chi connectivity index (χ0) is 25.0. The van der Waals surface area contributed by atoms with E-state index in [0.29, 0.717) is 12.8 Å². The molecular weight excluding hydrogens is 456 g/mol. The lowest BCUT2D eigenvalue weighted by atomic mass is 9.65. The first-order valence-corrected chi connectivity index (χ1v) is 13.2. The number of nitrogens with zero attached hydrogens (tertiary/aromatic N) is 2. The van der Waals surface area contributed by atoms with E-state index in [9.17, 15) is 19.8 Å². The molecule has 7 heteroatoms. The van der Waals surface area contributed by atoms with Crippen molar-refractivity contribution in [2.24, 2.45) is 23.7 Å². The summed E-state index contributed by atoms with van der Waals surface area (Å²) in [6.45, 7) is 4.50. The maximum absolute atomic E-state index is 13.8. The molecule has 4 aliphatic rings. The predicted octanol–water partition coefficient (Wildman–Crippen LogP) is 3.46. The average molecular weight is 491 g/mol. The van der Waals surface area contributed by atoms with Crippen LogP contribution >= 0.6 is 0 Å². The van der Waals surface area contributed by atoms with Crippen molar-refractivity contribution in [1.82, 2.24) is 9.80 Å². The van der Waals surface area contributed by atoms with Gasteiger partial charge in [0, 0.05) is 37.5 Å². The number of phenols is 1. The summed E-state index contributed by atoms with van der Waals surface area (Å²) in [7, 11) is 0. The normalized spacial score (nSPS) is 35.2. The number of hydrogen-bond donors (Lipinski definition) is 2. The molecule has 3 heterocycles. The molecule has 1 saturated carbocycles. The number of phenolic OH excluding ortho intramolecular Hbond substituents is 1. The Bertz CT molecular complexity index is 1130. The Morgan fingerprint density at radius 3 is 2.36 bits per heavy atom. The number of carbonyl (C=O) groups is 2. The van der Waals surface area contributed by atoms with Gasteiger partial charge < -0.3 is 14.9 Å². The highest BCUT2D eigenvalue weighted by atomic mass is 16.6. The summed E-state index contributed by atoms with van der Waals surface area (Å²) in [6.07, 6.45) is 2.12. The van der Waals surface area contributed by atoms with Gasteiger partial charge in [-0.1, -0.05) is 49.4 Å². The molecule has 6 rings (SSSR count). The fourth-order valence-electron chi connectivity index (χ4n) is 7.10. The number of aromatic hydroxyl groups is 1. The highest BCUT2D eigenvalue weighted by molar-refractivity contribution is 6.05. The Morgan fingerprint density at radius 1 is 0.972 bits per heavy atom. The van der Waals surface area contributed by atoms with Crippen LogP contribution in [0.25, 0.3) is 0 Å². The van der Waals surface area contributed by atoms with Crippen molar-refractivity contribution in [2.75, 3.05) is 13.1 Å². The number of imide groups is 1. The fraction of sp³-hybridized carbons (Fsp3) is 0.517. The SMILES string of the molecule is C[C@H]1C[C@@H]2C(=O)N(C3CCN(Cc4ccccc4)CC3)C(=O)[C@@H]2[C@@H]2C[C@@H](c3ccc(O)cc3)O[C@]12O. The van der Waals surface area contributed by atoms with Crippen molar-refractivity contribution in [3.63, 3.8) is 0 Å². The van der Waals surface area contributed by atoms with Gasteiger partial charge in [-0.25, -0.2) is 0 Å². The molecule has 0 bridgehead atoms. The van der Waals surface area contributed by atoms with E-state index in [0.717, 1.165) is 38.0 Å².